The van der Waals surface area contributed by atoms with Gasteiger partial charge in [-0.15, -0.1) is 5.10 Å². The van der Waals surface area contributed by atoms with E-state index in [2.05, 4.69) is 34.2 Å². The number of hydrogen-bond donors (Lipinski definition) is 0. The summed E-state index contributed by atoms with van der Waals surface area (Å²) in [7, 11) is 0. The minimum absolute atomic E-state index is 0.0405. The largest absolute Gasteiger partial charge is 0.416 e. The fraction of sp³-hybridized carbons (Fsp3) is 0.533. The lowest BCUT2D eigenvalue weighted by atomic mass is 10.0. The van der Waals surface area contributed by atoms with Crippen LogP contribution in [0.5, 0.6) is 0 Å². The molecule has 0 aliphatic heterocycles. The summed E-state index contributed by atoms with van der Waals surface area (Å²) in [5.74, 6) is 0.840. The second kappa shape index (κ2) is 11.6. The first-order valence-electron chi connectivity index (χ1n) is 14.1. The summed E-state index contributed by atoms with van der Waals surface area (Å²) in [6, 6.07) is 6.06. The predicted octanol–water partition coefficient (Wildman–Crippen LogP) is 8.13. The fourth-order valence-corrected chi connectivity index (χ4v) is 6.13. The third-order valence-electron chi connectivity index (χ3n) is 8.14. The third-order valence-corrected chi connectivity index (χ3v) is 8.14. The average Bonchev–Trinajstić information content (AvgIpc) is 3.67. The van der Waals surface area contributed by atoms with Gasteiger partial charge >= 0.3 is 18.4 Å². The van der Waals surface area contributed by atoms with Crippen molar-refractivity contribution < 1.29 is 30.8 Å². The lowest BCUT2D eigenvalue weighted by molar-refractivity contribution is -0.143. The lowest BCUT2D eigenvalue weighted by Gasteiger charge is -2.31. The normalized spacial score (nSPS) is 15.9. The van der Waals surface area contributed by atoms with E-state index in [-0.39, 0.29) is 36.6 Å². The number of fused-ring (bicyclic) bond motifs is 1. The van der Waals surface area contributed by atoms with Gasteiger partial charge in [0, 0.05) is 38.8 Å². The molecule has 41 heavy (non-hydrogen) atoms. The van der Waals surface area contributed by atoms with E-state index in [9.17, 15) is 26.3 Å². The molecular formula is C30H34F6N4O. The maximum Gasteiger partial charge on any atom is 0.416 e. The minimum atomic E-state index is -4.93. The van der Waals surface area contributed by atoms with Crippen molar-refractivity contribution in [3.8, 4) is 0 Å². The lowest BCUT2D eigenvalue weighted by Crippen LogP contribution is -2.31. The second-order valence-corrected chi connectivity index (χ2v) is 11.2. The van der Waals surface area contributed by atoms with Gasteiger partial charge in [-0.1, -0.05) is 24.0 Å². The van der Waals surface area contributed by atoms with Gasteiger partial charge in [0.05, 0.1) is 11.1 Å². The summed E-state index contributed by atoms with van der Waals surface area (Å²) in [6.07, 6.45) is -2.10. The number of aromatic nitrogens is 2. The van der Waals surface area contributed by atoms with Gasteiger partial charge in [0.15, 0.2) is 0 Å². The van der Waals surface area contributed by atoms with E-state index >= 15 is 0 Å². The maximum absolute atomic E-state index is 13.6. The van der Waals surface area contributed by atoms with Crippen LogP contribution in [0.3, 0.4) is 0 Å². The van der Waals surface area contributed by atoms with Gasteiger partial charge in [-0.3, -0.25) is 0 Å². The Morgan fingerprint density at radius 2 is 1.44 bits per heavy atom. The molecule has 3 aromatic rings. The Labute approximate surface area is 235 Å². The Morgan fingerprint density at radius 1 is 0.805 bits per heavy atom. The van der Waals surface area contributed by atoms with Crippen LogP contribution < -0.4 is 9.80 Å². The highest BCUT2D eigenvalue weighted by atomic mass is 19.4. The van der Waals surface area contributed by atoms with E-state index < -0.39 is 23.5 Å². The van der Waals surface area contributed by atoms with Crippen LogP contribution in [0.4, 0.5) is 38.0 Å². The molecule has 1 aromatic heterocycles. The topological polar surface area (TPSA) is 45.4 Å². The highest BCUT2D eigenvalue weighted by Gasteiger charge is 2.37. The van der Waals surface area contributed by atoms with E-state index in [1.165, 1.54) is 36.8 Å². The molecule has 0 bridgehead atoms. The fourth-order valence-electron chi connectivity index (χ4n) is 6.13. The van der Waals surface area contributed by atoms with Gasteiger partial charge in [-0.2, -0.15) is 26.3 Å². The number of anilines is 2. The number of hydrogen-bond acceptors (Lipinski definition) is 5. The maximum atomic E-state index is 13.6. The van der Waals surface area contributed by atoms with Crippen molar-refractivity contribution in [3.63, 3.8) is 0 Å². The van der Waals surface area contributed by atoms with E-state index in [1.807, 2.05) is 0 Å². The molecule has 0 N–H and O–H groups in total. The SMILES string of the molecule is CCN(CC1CCCC1)c1cc2c(cc1CN(Cc1cc(C(F)(F)F)cc(C(F)(F)F)c1)c1nnc(C)o1)CCC2. The zero-order valence-corrected chi connectivity index (χ0v) is 23.2. The van der Waals surface area contributed by atoms with Crippen molar-refractivity contribution in [1.29, 1.82) is 0 Å². The van der Waals surface area contributed by atoms with Gasteiger partial charge in [0.1, 0.15) is 0 Å². The summed E-state index contributed by atoms with van der Waals surface area (Å²) in [5, 5.41) is 7.96. The van der Waals surface area contributed by atoms with Crippen LogP contribution in [0.25, 0.3) is 0 Å². The molecule has 0 saturated heterocycles. The van der Waals surface area contributed by atoms with E-state index in [0.717, 1.165) is 55.7 Å². The Kier molecular flexibility index (Phi) is 8.25. The summed E-state index contributed by atoms with van der Waals surface area (Å²) in [5.41, 5.74) is 1.64. The Balaban J connectivity index is 1.54. The van der Waals surface area contributed by atoms with Gasteiger partial charge in [0.2, 0.25) is 5.89 Å². The Morgan fingerprint density at radius 3 is 2.00 bits per heavy atom. The van der Waals surface area contributed by atoms with Crippen LogP contribution in [0.1, 0.15) is 78.3 Å². The standard InChI is InChI=1S/C30H34F6N4O/c1-3-39(16-20-7-4-5-8-20)27-14-23-10-6-9-22(23)13-24(27)18-40(28-38-37-19(2)41-28)17-21-11-25(29(31,32)33)15-26(12-21)30(34,35)36/h11-15,20H,3-10,16-18H2,1-2H3. The number of halogens is 6. The molecule has 2 aliphatic rings. The van der Waals surface area contributed by atoms with Gasteiger partial charge in [-0.05, 0) is 91.5 Å². The first kappa shape index (κ1) is 29.3. The van der Waals surface area contributed by atoms with Crippen LogP contribution in [-0.2, 0) is 38.3 Å². The van der Waals surface area contributed by atoms with E-state index in [4.69, 9.17) is 4.42 Å². The smallest absolute Gasteiger partial charge is 0.408 e. The number of aryl methyl sites for hydroxylation is 3. The van der Waals surface area contributed by atoms with Crippen LogP contribution in [0.2, 0.25) is 0 Å². The van der Waals surface area contributed by atoms with Crippen molar-refractivity contribution in [2.24, 2.45) is 5.92 Å². The summed E-state index contributed by atoms with van der Waals surface area (Å²) in [6.45, 7) is 5.28. The molecule has 1 heterocycles. The Hall–Kier alpha value is -3.24. The van der Waals surface area contributed by atoms with E-state index in [0.29, 0.717) is 5.92 Å². The molecule has 5 rings (SSSR count). The second-order valence-electron chi connectivity index (χ2n) is 11.2. The molecule has 2 aromatic carbocycles. The molecule has 2 aliphatic carbocycles. The van der Waals surface area contributed by atoms with Crippen molar-refractivity contribution in [2.45, 2.75) is 84.2 Å². The molecule has 0 unspecified atom stereocenters. The van der Waals surface area contributed by atoms with Gasteiger partial charge in [0.25, 0.3) is 0 Å². The van der Waals surface area contributed by atoms with Crippen molar-refractivity contribution in [2.75, 3.05) is 22.9 Å². The van der Waals surface area contributed by atoms with Crippen LogP contribution in [0.15, 0.2) is 34.7 Å². The van der Waals surface area contributed by atoms with Crippen molar-refractivity contribution in [1.82, 2.24) is 10.2 Å². The zero-order chi connectivity index (χ0) is 29.4. The third kappa shape index (κ3) is 6.81. The molecule has 0 atom stereocenters. The number of nitrogens with zero attached hydrogens (tertiary/aromatic N) is 4. The molecule has 1 saturated carbocycles. The van der Waals surface area contributed by atoms with Crippen molar-refractivity contribution in [3.05, 3.63) is 69.6 Å². The van der Waals surface area contributed by atoms with Crippen LogP contribution in [0, 0.1) is 12.8 Å². The number of benzene rings is 2. The molecule has 0 amide bonds. The molecule has 0 spiro atoms. The molecule has 222 valence electrons. The highest BCUT2D eigenvalue weighted by Crippen LogP contribution is 2.38. The number of alkyl halides is 6. The predicted molar refractivity (Wildman–Crippen MR) is 144 cm³/mol. The van der Waals surface area contributed by atoms with E-state index in [1.54, 1.807) is 11.8 Å². The average molecular weight is 581 g/mol. The highest BCUT2D eigenvalue weighted by molar-refractivity contribution is 5.60. The zero-order valence-electron chi connectivity index (χ0n) is 23.2. The summed E-state index contributed by atoms with van der Waals surface area (Å²) in [4.78, 5) is 3.92. The molecule has 11 heteroatoms. The van der Waals surface area contributed by atoms with Crippen LogP contribution >= 0.6 is 0 Å². The first-order chi connectivity index (χ1) is 19.4. The van der Waals surface area contributed by atoms with Crippen molar-refractivity contribution >= 4 is 11.7 Å². The van der Waals surface area contributed by atoms with Gasteiger partial charge < -0.3 is 14.2 Å². The molecular weight excluding hydrogens is 546 g/mol. The van der Waals surface area contributed by atoms with Crippen LogP contribution in [-0.4, -0.2) is 23.3 Å². The summed E-state index contributed by atoms with van der Waals surface area (Å²) >= 11 is 0. The number of rotatable bonds is 9. The van der Waals surface area contributed by atoms with Gasteiger partial charge in [-0.25, -0.2) is 0 Å². The molecule has 5 nitrogen and oxygen atoms in total. The molecule has 0 radical (unpaired) electrons. The molecule has 1 fully saturated rings. The quantitative estimate of drug-likeness (QED) is 0.239. The first-order valence-corrected chi connectivity index (χ1v) is 14.1. The minimum Gasteiger partial charge on any atom is -0.408 e. The summed E-state index contributed by atoms with van der Waals surface area (Å²) < 4.78 is 87.2. The monoisotopic (exact) mass is 580 g/mol. The Bertz CT molecular complexity index is 1330.